The van der Waals surface area contributed by atoms with Gasteiger partial charge in [0.25, 0.3) is 0 Å². The number of aliphatic hydroxyl groups is 1. The molecular formula is C19H30N2O. The first-order chi connectivity index (χ1) is 10.7. The molecule has 0 aromatic heterocycles. The normalized spacial score (nSPS) is 31.1. The molecule has 1 aliphatic carbocycles. The largest absolute Gasteiger partial charge is 0.396 e. The molecule has 1 heterocycles. The van der Waals surface area contributed by atoms with E-state index in [2.05, 4.69) is 54.4 Å². The Morgan fingerprint density at radius 3 is 2.68 bits per heavy atom. The van der Waals surface area contributed by atoms with Gasteiger partial charge < -0.3 is 10.4 Å². The number of likely N-dealkylation sites (tertiary alicyclic amines) is 1. The Hall–Kier alpha value is -0.900. The predicted molar refractivity (Wildman–Crippen MR) is 90.6 cm³/mol. The van der Waals surface area contributed by atoms with Gasteiger partial charge in [0.15, 0.2) is 0 Å². The van der Waals surface area contributed by atoms with Crippen LogP contribution in [-0.4, -0.2) is 41.8 Å². The maximum atomic E-state index is 9.32. The molecule has 22 heavy (non-hydrogen) atoms. The van der Waals surface area contributed by atoms with E-state index in [-0.39, 0.29) is 6.61 Å². The van der Waals surface area contributed by atoms with Crippen molar-refractivity contribution in [2.24, 2.45) is 17.8 Å². The third kappa shape index (κ3) is 3.53. The van der Waals surface area contributed by atoms with Crippen LogP contribution in [0.3, 0.4) is 0 Å². The quantitative estimate of drug-likeness (QED) is 0.847. The van der Waals surface area contributed by atoms with Crippen molar-refractivity contribution in [1.82, 2.24) is 10.2 Å². The van der Waals surface area contributed by atoms with Crippen LogP contribution in [0.2, 0.25) is 0 Å². The molecule has 1 saturated carbocycles. The lowest BCUT2D eigenvalue weighted by Gasteiger charge is -2.28. The van der Waals surface area contributed by atoms with Crippen LogP contribution in [0, 0.1) is 17.8 Å². The summed E-state index contributed by atoms with van der Waals surface area (Å²) in [5, 5.41) is 13.1. The lowest BCUT2D eigenvalue weighted by molar-refractivity contribution is 0.192. The van der Waals surface area contributed by atoms with Crippen molar-refractivity contribution >= 4 is 0 Å². The molecular weight excluding hydrogens is 272 g/mol. The van der Waals surface area contributed by atoms with Crippen LogP contribution < -0.4 is 5.32 Å². The van der Waals surface area contributed by atoms with Crippen LogP contribution in [0.4, 0.5) is 0 Å². The Kier molecular flexibility index (Phi) is 5.17. The summed E-state index contributed by atoms with van der Waals surface area (Å²) in [7, 11) is 0. The summed E-state index contributed by atoms with van der Waals surface area (Å²) in [5.41, 5.74) is 1.43. The molecule has 0 radical (unpaired) electrons. The first-order valence-electron chi connectivity index (χ1n) is 8.80. The van der Waals surface area contributed by atoms with Crippen molar-refractivity contribution in [1.29, 1.82) is 0 Å². The first kappa shape index (κ1) is 16.0. The number of nitrogens with one attached hydrogen (secondary N) is 1. The van der Waals surface area contributed by atoms with Crippen molar-refractivity contribution in [2.75, 3.05) is 19.7 Å². The number of fused-ring (bicyclic) bond motifs is 1. The second kappa shape index (κ2) is 7.12. The molecule has 1 aromatic rings. The highest BCUT2D eigenvalue weighted by Crippen LogP contribution is 2.39. The SMILES string of the molecule is CC(CO)C(C)NC1CCC2CN(Cc3ccccc3)CC21. The molecule has 5 unspecified atom stereocenters. The number of benzene rings is 1. The summed E-state index contributed by atoms with van der Waals surface area (Å²) in [6.45, 7) is 8.17. The van der Waals surface area contributed by atoms with Gasteiger partial charge in [0.05, 0.1) is 0 Å². The van der Waals surface area contributed by atoms with E-state index in [0.717, 1.165) is 18.4 Å². The maximum Gasteiger partial charge on any atom is 0.0471 e. The fraction of sp³-hybridized carbons (Fsp3) is 0.684. The number of aliphatic hydroxyl groups excluding tert-OH is 1. The van der Waals surface area contributed by atoms with Crippen LogP contribution in [-0.2, 0) is 6.54 Å². The van der Waals surface area contributed by atoms with E-state index in [4.69, 9.17) is 0 Å². The van der Waals surface area contributed by atoms with Gasteiger partial charge in [-0.25, -0.2) is 0 Å². The average molecular weight is 302 g/mol. The number of nitrogens with zero attached hydrogens (tertiary/aromatic N) is 1. The predicted octanol–water partition coefficient (Wildman–Crippen LogP) is 2.50. The van der Waals surface area contributed by atoms with Gasteiger partial charge >= 0.3 is 0 Å². The molecule has 2 fully saturated rings. The molecule has 1 aliphatic heterocycles. The van der Waals surface area contributed by atoms with E-state index in [1.807, 2.05) is 0 Å². The van der Waals surface area contributed by atoms with Crippen LogP contribution in [0.5, 0.6) is 0 Å². The summed E-state index contributed by atoms with van der Waals surface area (Å²) in [5.74, 6) is 1.98. The number of rotatable bonds is 6. The van der Waals surface area contributed by atoms with Gasteiger partial charge in [0.2, 0.25) is 0 Å². The van der Waals surface area contributed by atoms with Gasteiger partial charge in [0, 0.05) is 38.3 Å². The molecule has 2 aliphatic rings. The Morgan fingerprint density at radius 2 is 1.95 bits per heavy atom. The minimum atomic E-state index is 0.273. The number of hydrogen-bond acceptors (Lipinski definition) is 3. The molecule has 1 saturated heterocycles. The lowest BCUT2D eigenvalue weighted by Crippen LogP contribution is -2.44. The molecule has 0 amide bonds. The highest BCUT2D eigenvalue weighted by molar-refractivity contribution is 5.15. The summed E-state index contributed by atoms with van der Waals surface area (Å²) in [6.07, 6.45) is 2.66. The van der Waals surface area contributed by atoms with Crippen molar-refractivity contribution < 1.29 is 5.11 Å². The van der Waals surface area contributed by atoms with E-state index in [1.54, 1.807) is 0 Å². The van der Waals surface area contributed by atoms with E-state index < -0.39 is 0 Å². The van der Waals surface area contributed by atoms with Crippen molar-refractivity contribution in [3.05, 3.63) is 35.9 Å². The van der Waals surface area contributed by atoms with Crippen LogP contribution in [0.15, 0.2) is 30.3 Å². The average Bonchev–Trinajstić information content (AvgIpc) is 3.09. The molecule has 3 rings (SSSR count). The van der Waals surface area contributed by atoms with Crippen LogP contribution in [0.1, 0.15) is 32.3 Å². The highest BCUT2D eigenvalue weighted by atomic mass is 16.3. The summed E-state index contributed by atoms with van der Waals surface area (Å²) >= 11 is 0. The lowest BCUT2D eigenvalue weighted by atomic mass is 9.96. The minimum Gasteiger partial charge on any atom is -0.396 e. The third-order valence-corrected chi connectivity index (χ3v) is 5.80. The second-order valence-electron chi connectivity index (χ2n) is 7.40. The highest BCUT2D eigenvalue weighted by Gasteiger charge is 2.42. The molecule has 5 atom stereocenters. The van der Waals surface area contributed by atoms with Gasteiger partial charge in [-0.2, -0.15) is 0 Å². The molecule has 0 bridgehead atoms. The van der Waals surface area contributed by atoms with Crippen LogP contribution in [0.25, 0.3) is 0 Å². The Morgan fingerprint density at radius 1 is 1.18 bits per heavy atom. The topological polar surface area (TPSA) is 35.5 Å². The van der Waals surface area contributed by atoms with Gasteiger partial charge in [-0.3, -0.25) is 4.90 Å². The summed E-state index contributed by atoms with van der Waals surface area (Å²) in [6, 6.07) is 11.9. The first-order valence-corrected chi connectivity index (χ1v) is 8.80. The van der Waals surface area contributed by atoms with Crippen molar-refractivity contribution in [3.63, 3.8) is 0 Å². The molecule has 122 valence electrons. The monoisotopic (exact) mass is 302 g/mol. The van der Waals surface area contributed by atoms with Gasteiger partial charge in [-0.1, -0.05) is 37.3 Å². The minimum absolute atomic E-state index is 0.273. The van der Waals surface area contributed by atoms with Gasteiger partial charge in [-0.15, -0.1) is 0 Å². The van der Waals surface area contributed by atoms with E-state index in [9.17, 15) is 5.11 Å². The molecule has 3 heteroatoms. The van der Waals surface area contributed by atoms with E-state index in [0.29, 0.717) is 18.0 Å². The zero-order valence-corrected chi connectivity index (χ0v) is 13.9. The molecule has 1 aromatic carbocycles. The smallest absolute Gasteiger partial charge is 0.0471 e. The van der Waals surface area contributed by atoms with Gasteiger partial charge in [-0.05, 0) is 43.1 Å². The van der Waals surface area contributed by atoms with Crippen LogP contribution >= 0.6 is 0 Å². The molecule has 0 spiro atoms. The maximum absolute atomic E-state index is 9.32. The van der Waals surface area contributed by atoms with E-state index in [1.165, 1.54) is 31.5 Å². The zero-order valence-electron chi connectivity index (χ0n) is 13.9. The summed E-state index contributed by atoms with van der Waals surface area (Å²) < 4.78 is 0. The fourth-order valence-corrected chi connectivity index (χ4v) is 4.20. The fourth-order valence-electron chi connectivity index (χ4n) is 4.20. The third-order valence-electron chi connectivity index (χ3n) is 5.80. The second-order valence-corrected chi connectivity index (χ2v) is 7.40. The summed E-state index contributed by atoms with van der Waals surface area (Å²) in [4.78, 5) is 2.62. The van der Waals surface area contributed by atoms with Crippen molar-refractivity contribution in [3.8, 4) is 0 Å². The molecule has 3 nitrogen and oxygen atoms in total. The Balaban J connectivity index is 1.54. The van der Waals surface area contributed by atoms with E-state index >= 15 is 0 Å². The van der Waals surface area contributed by atoms with Crippen molar-refractivity contribution in [2.45, 2.75) is 45.3 Å². The Labute approximate surface area is 134 Å². The Bertz CT molecular complexity index is 464. The molecule has 2 N–H and O–H groups in total. The zero-order chi connectivity index (χ0) is 15.5. The van der Waals surface area contributed by atoms with Gasteiger partial charge in [0.1, 0.15) is 0 Å². The number of hydrogen-bond donors (Lipinski definition) is 2. The standard InChI is InChI=1S/C19H30N2O/c1-14(13-22)15(2)20-19-9-8-17-11-21(12-18(17)19)10-16-6-4-3-5-7-16/h3-7,14-15,17-20,22H,8-13H2,1-2H3.